The highest BCUT2D eigenvalue weighted by Gasteiger charge is 2.24. The molecule has 0 aliphatic rings. The summed E-state index contributed by atoms with van der Waals surface area (Å²) >= 11 is 6.10. The van der Waals surface area contributed by atoms with Gasteiger partial charge >= 0.3 is 0 Å². The lowest BCUT2D eigenvalue weighted by Crippen LogP contribution is -2.28. The van der Waals surface area contributed by atoms with Gasteiger partial charge < -0.3 is 15.8 Å². The van der Waals surface area contributed by atoms with E-state index in [9.17, 15) is 4.79 Å². The van der Waals surface area contributed by atoms with Gasteiger partial charge in [0.2, 0.25) is 0 Å². The van der Waals surface area contributed by atoms with Crippen LogP contribution in [0.4, 0.5) is 16.0 Å². The van der Waals surface area contributed by atoms with E-state index in [4.69, 9.17) is 32.5 Å². The number of aromatic nitrogens is 4. The van der Waals surface area contributed by atoms with Crippen LogP contribution in [0, 0.1) is 11.2 Å². The highest BCUT2D eigenvalue weighted by atomic mass is 35.5. The molecule has 0 fully saturated rings. The number of ether oxygens (including phenoxy) is 1. The number of methoxy groups -OCH3 is 1. The van der Waals surface area contributed by atoms with E-state index in [1.165, 1.54) is 30.1 Å². The van der Waals surface area contributed by atoms with Gasteiger partial charge in [-0.2, -0.15) is 0 Å². The number of nitrogen functional groups attached to an aromatic ring is 1. The summed E-state index contributed by atoms with van der Waals surface area (Å²) in [5.74, 6) is -0.178. The molecule has 3 aromatic carbocycles. The number of rotatable bonds is 7. The fourth-order valence-corrected chi connectivity index (χ4v) is 4.55. The Morgan fingerprint density at radius 2 is 1.82 bits per heavy atom. The molecule has 11 heteroatoms. The molecule has 0 aliphatic heterocycles. The maximum absolute atomic E-state index is 15.1. The van der Waals surface area contributed by atoms with Gasteiger partial charge in [0.05, 0.1) is 41.0 Å². The number of anilines is 2. The zero-order chi connectivity index (χ0) is 27.7. The molecule has 0 amide bonds. The summed E-state index contributed by atoms with van der Waals surface area (Å²) in [5.41, 5.74) is 6.76. The van der Waals surface area contributed by atoms with Gasteiger partial charge in [0.1, 0.15) is 34.6 Å². The number of nitrogens with zero attached hydrogens (tertiary/aromatic N) is 4. The van der Waals surface area contributed by atoms with Crippen molar-refractivity contribution in [3.05, 3.63) is 111 Å². The number of hydrogen-bond donors (Lipinski definition) is 3. The molecule has 5 aromatic rings. The van der Waals surface area contributed by atoms with Crippen LogP contribution in [0.3, 0.4) is 0 Å². The Morgan fingerprint density at radius 1 is 1.10 bits per heavy atom. The van der Waals surface area contributed by atoms with E-state index in [-0.39, 0.29) is 44.8 Å². The number of nitrogens with one attached hydrogen (secondary N) is 2. The molecular weight excluding hydrogens is 521 g/mol. The molecule has 0 saturated carbocycles. The summed E-state index contributed by atoms with van der Waals surface area (Å²) < 4.78 is 21.7. The third kappa shape index (κ3) is 4.66. The van der Waals surface area contributed by atoms with Gasteiger partial charge in [-0.3, -0.25) is 14.8 Å². The van der Waals surface area contributed by atoms with Crippen LogP contribution in [0.25, 0.3) is 16.6 Å². The molecule has 196 valence electrons. The number of benzene rings is 3. The van der Waals surface area contributed by atoms with Crippen LogP contribution in [0.15, 0.2) is 77.9 Å². The van der Waals surface area contributed by atoms with Crippen molar-refractivity contribution < 1.29 is 9.13 Å². The van der Waals surface area contributed by atoms with E-state index in [1.807, 2.05) is 36.4 Å². The second-order valence-electron chi connectivity index (χ2n) is 8.63. The van der Waals surface area contributed by atoms with Gasteiger partial charge in [0, 0.05) is 5.56 Å². The van der Waals surface area contributed by atoms with Crippen molar-refractivity contribution in [3.63, 3.8) is 0 Å². The number of nitrogens with two attached hydrogens (primary N) is 1. The largest absolute Gasteiger partial charge is 0.495 e. The average Bonchev–Trinajstić information content (AvgIpc) is 2.94. The van der Waals surface area contributed by atoms with Crippen LogP contribution in [0.2, 0.25) is 5.02 Å². The van der Waals surface area contributed by atoms with Gasteiger partial charge in [0.15, 0.2) is 5.82 Å². The maximum atomic E-state index is 15.1. The Balaban J connectivity index is 1.62. The Kier molecular flexibility index (Phi) is 6.95. The van der Waals surface area contributed by atoms with Gasteiger partial charge in [-0.15, -0.1) is 0 Å². The van der Waals surface area contributed by atoms with Gasteiger partial charge in [0.25, 0.3) is 5.56 Å². The summed E-state index contributed by atoms with van der Waals surface area (Å²) in [4.78, 5) is 26.7. The monoisotopic (exact) mass is 543 g/mol. The number of hydrogen-bond acceptors (Lipinski definition) is 8. The maximum Gasteiger partial charge on any atom is 0.266 e. The molecule has 0 spiro atoms. The Hall–Kier alpha value is -4.83. The molecule has 1 unspecified atom stereocenters. The Labute approximate surface area is 227 Å². The smallest absolute Gasteiger partial charge is 0.266 e. The van der Waals surface area contributed by atoms with Crippen molar-refractivity contribution >= 4 is 39.9 Å². The standard InChI is InChI=1S/C28H23ClFN7O2/c1-15(27-36-19-11-7-6-10-17(19)28(38)37(27)16-8-4-3-5-9-16)35-26-21(25(32)33-14-34-26)24(31)18-12-13-20(39-2)22(29)23(18)30/h3-15,31H,1-2H3,(H3,32,33,34,35). The molecule has 1 atom stereocenters. The summed E-state index contributed by atoms with van der Waals surface area (Å²) in [6, 6.07) is 18.5. The fourth-order valence-electron chi connectivity index (χ4n) is 4.31. The summed E-state index contributed by atoms with van der Waals surface area (Å²) in [6.45, 7) is 1.80. The number of fused-ring (bicyclic) bond motifs is 1. The highest BCUT2D eigenvalue weighted by molar-refractivity contribution is 6.33. The van der Waals surface area contributed by atoms with Gasteiger partial charge in [-0.1, -0.05) is 41.9 Å². The third-order valence-electron chi connectivity index (χ3n) is 6.22. The predicted octanol–water partition coefficient (Wildman–Crippen LogP) is 5.15. The second-order valence-corrected chi connectivity index (χ2v) is 9.01. The van der Waals surface area contributed by atoms with Crippen LogP contribution in [0.1, 0.15) is 29.9 Å². The Morgan fingerprint density at radius 3 is 2.56 bits per heavy atom. The quantitative estimate of drug-likeness (QED) is 0.242. The van der Waals surface area contributed by atoms with E-state index in [0.717, 1.165) is 0 Å². The summed E-state index contributed by atoms with van der Waals surface area (Å²) in [6.07, 6.45) is 1.23. The lowest BCUT2D eigenvalue weighted by Gasteiger charge is -2.22. The van der Waals surface area contributed by atoms with E-state index < -0.39 is 11.9 Å². The molecule has 0 radical (unpaired) electrons. The second kappa shape index (κ2) is 10.5. The molecule has 0 bridgehead atoms. The lowest BCUT2D eigenvalue weighted by molar-refractivity contribution is 0.411. The molecule has 39 heavy (non-hydrogen) atoms. The van der Waals surface area contributed by atoms with Crippen LogP contribution in [-0.2, 0) is 0 Å². The first-order valence-corrected chi connectivity index (χ1v) is 12.2. The van der Waals surface area contributed by atoms with Crippen LogP contribution >= 0.6 is 11.6 Å². The van der Waals surface area contributed by atoms with Crippen molar-refractivity contribution in [2.24, 2.45) is 0 Å². The van der Waals surface area contributed by atoms with Crippen molar-refractivity contribution in [1.82, 2.24) is 19.5 Å². The predicted molar refractivity (Wildman–Crippen MR) is 150 cm³/mol. The van der Waals surface area contributed by atoms with E-state index in [1.54, 1.807) is 25.1 Å². The molecule has 9 nitrogen and oxygen atoms in total. The summed E-state index contributed by atoms with van der Waals surface area (Å²) in [5, 5.41) is 12.2. The molecule has 5 rings (SSSR count). The van der Waals surface area contributed by atoms with Gasteiger partial charge in [-0.05, 0) is 43.3 Å². The molecule has 2 heterocycles. The number of halogens is 2. The van der Waals surface area contributed by atoms with E-state index >= 15 is 4.39 Å². The molecule has 4 N–H and O–H groups in total. The first kappa shape index (κ1) is 25.8. The van der Waals surface area contributed by atoms with Crippen molar-refractivity contribution in [2.45, 2.75) is 13.0 Å². The molecular formula is C28H23ClFN7O2. The topological polar surface area (TPSA) is 132 Å². The summed E-state index contributed by atoms with van der Waals surface area (Å²) in [7, 11) is 1.37. The normalized spacial score (nSPS) is 11.8. The third-order valence-corrected chi connectivity index (χ3v) is 6.57. The Bertz CT molecular complexity index is 1780. The minimum atomic E-state index is -0.836. The van der Waals surface area contributed by atoms with E-state index in [0.29, 0.717) is 22.4 Å². The fraction of sp³-hybridized carbons (Fsp3) is 0.107. The van der Waals surface area contributed by atoms with E-state index in [2.05, 4.69) is 15.3 Å². The SMILES string of the molecule is COc1ccc(C(=N)c2c(N)ncnc2NC(C)c2nc3ccccc3c(=O)n2-c2ccccc2)c(F)c1Cl. The van der Waals surface area contributed by atoms with Crippen molar-refractivity contribution in [1.29, 1.82) is 5.41 Å². The average molecular weight is 544 g/mol. The van der Waals surface area contributed by atoms with Crippen molar-refractivity contribution in [2.75, 3.05) is 18.2 Å². The van der Waals surface area contributed by atoms with Crippen molar-refractivity contribution in [3.8, 4) is 11.4 Å². The molecule has 0 saturated heterocycles. The van der Waals surface area contributed by atoms with Crippen LogP contribution in [-0.4, -0.2) is 32.3 Å². The minimum Gasteiger partial charge on any atom is -0.495 e. The number of para-hydroxylation sites is 2. The first-order valence-electron chi connectivity index (χ1n) is 11.9. The first-order chi connectivity index (χ1) is 18.8. The zero-order valence-electron chi connectivity index (χ0n) is 20.9. The molecule has 0 aliphatic carbocycles. The van der Waals surface area contributed by atoms with Crippen LogP contribution in [0.5, 0.6) is 5.75 Å². The zero-order valence-corrected chi connectivity index (χ0v) is 21.7. The van der Waals surface area contributed by atoms with Gasteiger partial charge in [-0.25, -0.2) is 19.3 Å². The minimum absolute atomic E-state index is 0.0389. The highest BCUT2D eigenvalue weighted by Crippen LogP contribution is 2.32. The lowest BCUT2D eigenvalue weighted by atomic mass is 10.0. The molecule has 2 aromatic heterocycles. The van der Waals surface area contributed by atoms with Crippen LogP contribution < -0.4 is 21.3 Å².